The van der Waals surface area contributed by atoms with E-state index >= 15 is 0 Å². The van der Waals surface area contributed by atoms with Gasteiger partial charge in [-0.2, -0.15) is 0 Å². The molecule has 0 saturated carbocycles. The van der Waals surface area contributed by atoms with Crippen LogP contribution in [-0.4, -0.2) is 24.5 Å². The van der Waals surface area contributed by atoms with Crippen LogP contribution in [0.1, 0.15) is 24.1 Å². The second-order valence-corrected chi connectivity index (χ2v) is 6.01. The van der Waals surface area contributed by atoms with Crippen molar-refractivity contribution in [2.45, 2.75) is 25.4 Å². The normalized spacial score (nSPS) is 14.1. The van der Waals surface area contributed by atoms with Crippen molar-refractivity contribution in [2.24, 2.45) is 5.73 Å². The summed E-state index contributed by atoms with van der Waals surface area (Å²) in [4.78, 5) is 2.32. The summed E-state index contributed by atoms with van der Waals surface area (Å²) < 4.78 is 0. The van der Waals surface area contributed by atoms with Crippen molar-refractivity contribution in [2.75, 3.05) is 13.6 Å². The Morgan fingerprint density at radius 3 is 2.24 bits per heavy atom. The van der Waals surface area contributed by atoms with Crippen LogP contribution < -0.4 is 5.73 Å². The minimum absolute atomic E-state index is 0.0620. The highest BCUT2D eigenvalue weighted by Crippen LogP contribution is 2.24. The zero-order valence-corrected chi connectivity index (χ0v) is 13.4. The molecule has 0 aliphatic rings. The van der Waals surface area contributed by atoms with Gasteiger partial charge in [-0.25, -0.2) is 0 Å². The zero-order valence-electron chi connectivity index (χ0n) is 12.7. The fourth-order valence-electron chi connectivity index (χ4n) is 2.71. The van der Waals surface area contributed by atoms with E-state index in [0.717, 1.165) is 18.0 Å². The number of halogens is 1. The summed E-state index contributed by atoms with van der Waals surface area (Å²) in [7, 11) is 2.13. The molecule has 21 heavy (non-hydrogen) atoms. The fourth-order valence-corrected chi connectivity index (χ4v) is 2.83. The molecule has 0 bridgehead atoms. The van der Waals surface area contributed by atoms with Crippen LogP contribution in [0.2, 0.25) is 5.02 Å². The first kappa shape index (κ1) is 16.0. The third-order valence-corrected chi connectivity index (χ3v) is 4.03. The summed E-state index contributed by atoms with van der Waals surface area (Å²) in [6, 6.07) is 18.8. The van der Waals surface area contributed by atoms with E-state index in [9.17, 15) is 0 Å². The molecule has 2 aromatic carbocycles. The maximum absolute atomic E-state index is 6.20. The standard InChI is InChI=1S/C18H23ClN2/c1-14(20)18(16-8-10-17(19)11-9-16)21(2)13-12-15-6-4-3-5-7-15/h3-11,14,18H,12-13,20H2,1-2H3. The molecule has 2 rings (SSSR count). The van der Waals surface area contributed by atoms with E-state index in [0.29, 0.717) is 0 Å². The lowest BCUT2D eigenvalue weighted by Crippen LogP contribution is -2.38. The summed E-state index contributed by atoms with van der Waals surface area (Å²) in [5.74, 6) is 0. The Kier molecular flexibility index (Phi) is 5.80. The van der Waals surface area contributed by atoms with E-state index in [-0.39, 0.29) is 12.1 Å². The Hall–Kier alpha value is -1.35. The van der Waals surface area contributed by atoms with E-state index in [2.05, 4.69) is 55.3 Å². The molecular formula is C18H23ClN2. The highest BCUT2D eigenvalue weighted by molar-refractivity contribution is 6.30. The Morgan fingerprint density at radius 1 is 1.05 bits per heavy atom. The van der Waals surface area contributed by atoms with Crippen molar-refractivity contribution in [3.8, 4) is 0 Å². The van der Waals surface area contributed by atoms with Crippen molar-refractivity contribution in [3.63, 3.8) is 0 Å². The average molecular weight is 303 g/mol. The predicted molar refractivity (Wildman–Crippen MR) is 90.6 cm³/mol. The van der Waals surface area contributed by atoms with Gasteiger partial charge in [-0.3, -0.25) is 4.90 Å². The van der Waals surface area contributed by atoms with Crippen LogP contribution in [0.3, 0.4) is 0 Å². The molecule has 0 aromatic heterocycles. The van der Waals surface area contributed by atoms with Crippen LogP contribution in [0, 0.1) is 0 Å². The van der Waals surface area contributed by atoms with E-state index in [1.54, 1.807) is 0 Å². The molecule has 0 aliphatic carbocycles. The molecule has 2 atom stereocenters. The zero-order chi connectivity index (χ0) is 15.2. The van der Waals surface area contributed by atoms with Gasteiger partial charge in [0.25, 0.3) is 0 Å². The van der Waals surface area contributed by atoms with Gasteiger partial charge in [0.05, 0.1) is 0 Å². The predicted octanol–water partition coefficient (Wildman–Crippen LogP) is 3.90. The van der Waals surface area contributed by atoms with E-state index in [4.69, 9.17) is 17.3 Å². The lowest BCUT2D eigenvalue weighted by molar-refractivity contribution is 0.221. The van der Waals surface area contributed by atoms with Gasteiger partial charge in [-0.05, 0) is 43.7 Å². The Balaban J connectivity index is 2.05. The molecule has 0 fully saturated rings. The highest BCUT2D eigenvalue weighted by atomic mass is 35.5. The van der Waals surface area contributed by atoms with Crippen LogP contribution in [0.15, 0.2) is 54.6 Å². The van der Waals surface area contributed by atoms with Gasteiger partial charge in [-0.1, -0.05) is 54.1 Å². The van der Waals surface area contributed by atoms with Crippen molar-refractivity contribution >= 4 is 11.6 Å². The van der Waals surface area contributed by atoms with Crippen LogP contribution >= 0.6 is 11.6 Å². The second-order valence-electron chi connectivity index (χ2n) is 5.57. The molecular weight excluding hydrogens is 280 g/mol. The smallest absolute Gasteiger partial charge is 0.0493 e. The molecule has 2 aromatic rings. The number of nitrogens with two attached hydrogens (primary N) is 1. The van der Waals surface area contributed by atoms with Gasteiger partial charge in [0.2, 0.25) is 0 Å². The number of hydrogen-bond acceptors (Lipinski definition) is 2. The van der Waals surface area contributed by atoms with Crippen molar-refractivity contribution in [3.05, 3.63) is 70.7 Å². The summed E-state index contributed by atoms with van der Waals surface area (Å²) >= 11 is 5.97. The molecule has 3 heteroatoms. The number of benzene rings is 2. The number of nitrogens with zero attached hydrogens (tertiary/aromatic N) is 1. The maximum atomic E-state index is 6.20. The fraction of sp³-hybridized carbons (Fsp3) is 0.333. The average Bonchev–Trinajstić information content (AvgIpc) is 2.48. The lowest BCUT2D eigenvalue weighted by Gasteiger charge is -2.31. The van der Waals surface area contributed by atoms with Gasteiger partial charge < -0.3 is 5.73 Å². The molecule has 2 nitrogen and oxygen atoms in total. The van der Waals surface area contributed by atoms with Crippen molar-refractivity contribution in [1.82, 2.24) is 4.90 Å². The third-order valence-electron chi connectivity index (χ3n) is 3.78. The molecule has 0 amide bonds. The summed E-state index contributed by atoms with van der Waals surface area (Å²) in [5.41, 5.74) is 8.77. The quantitative estimate of drug-likeness (QED) is 0.877. The molecule has 112 valence electrons. The Labute approximate surface area is 132 Å². The van der Waals surface area contributed by atoms with E-state index in [1.165, 1.54) is 11.1 Å². The van der Waals surface area contributed by atoms with E-state index in [1.807, 2.05) is 18.2 Å². The van der Waals surface area contributed by atoms with Gasteiger partial charge in [0.15, 0.2) is 0 Å². The molecule has 0 heterocycles. The molecule has 2 N–H and O–H groups in total. The summed E-state index contributed by atoms with van der Waals surface area (Å²) in [5, 5.41) is 0.758. The minimum atomic E-state index is 0.0620. The molecule has 0 spiro atoms. The monoisotopic (exact) mass is 302 g/mol. The van der Waals surface area contributed by atoms with Crippen LogP contribution in [0.25, 0.3) is 0 Å². The second kappa shape index (κ2) is 7.60. The number of hydrogen-bond donors (Lipinski definition) is 1. The topological polar surface area (TPSA) is 29.3 Å². The van der Waals surface area contributed by atoms with Crippen LogP contribution in [0.5, 0.6) is 0 Å². The molecule has 0 aliphatic heterocycles. The summed E-state index contributed by atoms with van der Waals surface area (Å²) in [6.45, 7) is 3.02. The first-order valence-corrected chi connectivity index (χ1v) is 7.71. The molecule has 2 unspecified atom stereocenters. The van der Waals surface area contributed by atoms with E-state index < -0.39 is 0 Å². The SMILES string of the molecule is CC(N)C(c1ccc(Cl)cc1)N(C)CCc1ccccc1. The third kappa shape index (κ3) is 4.57. The number of rotatable bonds is 6. The van der Waals surface area contributed by atoms with Crippen molar-refractivity contribution in [1.29, 1.82) is 0 Å². The number of likely N-dealkylation sites (N-methyl/N-ethyl adjacent to an activating group) is 1. The Morgan fingerprint density at radius 2 is 1.67 bits per heavy atom. The lowest BCUT2D eigenvalue weighted by atomic mass is 9.99. The highest BCUT2D eigenvalue weighted by Gasteiger charge is 2.20. The first-order valence-electron chi connectivity index (χ1n) is 7.33. The van der Waals surface area contributed by atoms with Gasteiger partial charge in [-0.15, -0.1) is 0 Å². The van der Waals surface area contributed by atoms with Gasteiger partial charge in [0, 0.05) is 23.7 Å². The maximum Gasteiger partial charge on any atom is 0.0493 e. The van der Waals surface area contributed by atoms with Crippen molar-refractivity contribution < 1.29 is 0 Å². The summed E-state index contributed by atoms with van der Waals surface area (Å²) in [6.07, 6.45) is 1.02. The molecule has 0 radical (unpaired) electrons. The molecule has 0 saturated heterocycles. The minimum Gasteiger partial charge on any atom is -0.326 e. The van der Waals surface area contributed by atoms with Crippen LogP contribution in [0.4, 0.5) is 0 Å². The Bertz CT molecular complexity index is 537. The first-order chi connectivity index (χ1) is 10.1. The largest absolute Gasteiger partial charge is 0.326 e. The van der Waals surface area contributed by atoms with Gasteiger partial charge in [0.1, 0.15) is 0 Å². The van der Waals surface area contributed by atoms with Crippen LogP contribution in [-0.2, 0) is 6.42 Å². The van der Waals surface area contributed by atoms with Gasteiger partial charge >= 0.3 is 0 Å².